The number of hydrogen-bond donors (Lipinski definition) is 2. The van der Waals surface area contributed by atoms with Crippen LogP contribution in [0.3, 0.4) is 0 Å². The van der Waals surface area contributed by atoms with Gasteiger partial charge in [-0.25, -0.2) is 0 Å². The molecule has 0 aliphatic carbocycles. The molecule has 4 heteroatoms. The maximum Gasteiger partial charge on any atom is 0.166 e. The lowest BCUT2D eigenvalue weighted by atomic mass is 10.1. The van der Waals surface area contributed by atoms with Crippen LogP contribution in [-0.4, -0.2) is 18.4 Å². The Bertz CT molecular complexity index is 814. The molecule has 1 atom stereocenters. The highest BCUT2D eigenvalue weighted by molar-refractivity contribution is 5.56. The summed E-state index contributed by atoms with van der Waals surface area (Å²) in [5, 5.41) is 9.94. The molecular formula is C21H27ClN2O. The summed E-state index contributed by atoms with van der Waals surface area (Å²) < 4.78 is 0. The first-order chi connectivity index (χ1) is 11.4. The minimum Gasteiger partial charge on any atom is -1.00 e. The summed E-state index contributed by atoms with van der Waals surface area (Å²) in [7, 11) is 0. The standard InChI is InChI=1S/C21H26N2O.ClH/c1-14-6-8-19(10-16(14)3)22-13-23(21(12-24)18(22)5)20-9-7-15(2)17(4)11-20;/h6-11,24H,12-13H2,1-5H3;1H. The summed E-state index contributed by atoms with van der Waals surface area (Å²) in [4.78, 5) is 3.55. The van der Waals surface area contributed by atoms with E-state index < -0.39 is 0 Å². The Hall–Kier alpha value is -1.81. The molecule has 3 nitrogen and oxygen atoms in total. The Labute approximate surface area is 157 Å². The Balaban J connectivity index is 0.00000225. The van der Waals surface area contributed by atoms with Gasteiger partial charge in [-0.15, -0.1) is 0 Å². The molecule has 1 aliphatic heterocycles. The third-order valence-electron chi connectivity index (χ3n) is 5.33. The highest BCUT2D eigenvalue weighted by atomic mass is 35.5. The Morgan fingerprint density at radius 2 is 1.48 bits per heavy atom. The fourth-order valence-electron chi connectivity index (χ4n) is 3.33. The van der Waals surface area contributed by atoms with E-state index in [0.29, 0.717) is 0 Å². The zero-order valence-corrected chi connectivity index (χ0v) is 16.4. The first kappa shape index (κ1) is 19.5. The van der Waals surface area contributed by atoms with Crippen molar-refractivity contribution in [3.8, 4) is 0 Å². The molecule has 0 saturated heterocycles. The smallest absolute Gasteiger partial charge is 0.166 e. The number of nitrogens with one attached hydrogen (secondary N) is 1. The average molecular weight is 359 g/mol. The van der Waals surface area contributed by atoms with Crippen molar-refractivity contribution in [2.75, 3.05) is 18.2 Å². The minimum absolute atomic E-state index is 0. The van der Waals surface area contributed by atoms with Gasteiger partial charge in [0.25, 0.3) is 0 Å². The number of benzene rings is 2. The molecule has 25 heavy (non-hydrogen) atoms. The Morgan fingerprint density at radius 1 is 0.880 bits per heavy atom. The van der Waals surface area contributed by atoms with E-state index in [1.54, 1.807) is 0 Å². The van der Waals surface area contributed by atoms with Gasteiger partial charge >= 0.3 is 0 Å². The molecule has 2 N–H and O–H groups in total. The predicted octanol–water partition coefficient (Wildman–Crippen LogP) is 0.142. The fraction of sp³-hybridized carbons (Fsp3) is 0.333. The van der Waals surface area contributed by atoms with Gasteiger partial charge in [0.15, 0.2) is 6.67 Å². The second-order valence-electron chi connectivity index (χ2n) is 6.86. The monoisotopic (exact) mass is 358 g/mol. The van der Waals surface area contributed by atoms with Gasteiger partial charge in [-0.3, -0.25) is 9.80 Å². The molecule has 0 amide bonds. The number of aliphatic hydroxyl groups is 1. The van der Waals surface area contributed by atoms with Gasteiger partial charge in [0.1, 0.15) is 17.1 Å². The van der Waals surface area contributed by atoms with E-state index in [0.717, 1.165) is 18.1 Å². The molecular weight excluding hydrogens is 332 g/mol. The molecule has 0 bridgehead atoms. The quantitative estimate of drug-likeness (QED) is 0.817. The highest BCUT2D eigenvalue weighted by Crippen LogP contribution is 2.25. The van der Waals surface area contributed by atoms with Gasteiger partial charge in [-0.05, 0) is 68.1 Å². The Kier molecular flexibility index (Phi) is 5.94. The average Bonchev–Trinajstić information content (AvgIpc) is 2.89. The number of aliphatic hydroxyl groups excluding tert-OH is 1. The zero-order valence-electron chi connectivity index (χ0n) is 15.7. The summed E-state index contributed by atoms with van der Waals surface area (Å²) in [6, 6.07) is 13.1. The van der Waals surface area contributed by atoms with Crippen molar-refractivity contribution >= 4 is 11.4 Å². The molecule has 0 radical (unpaired) electrons. The van der Waals surface area contributed by atoms with Crippen LogP contribution < -0.4 is 22.2 Å². The summed E-state index contributed by atoms with van der Waals surface area (Å²) in [6.07, 6.45) is 0. The molecule has 0 aromatic heterocycles. The minimum atomic E-state index is 0. The molecule has 3 rings (SSSR count). The fourth-order valence-corrected chi connectivity index (χ4v) is 3.33. The third kappa shape index (κ3) is 3.59. The van der Waals surface area contributed by atoms with E-state index in [2.05, 4.69) is 75.9 Å². The van der Waals surface area contributed by atoms with Crippen LogP contribution in [0.4, 0.5) is 11.4 Å². The first-order valence-corrected chi connectivity index (χ1v) is 8.51. The summed E-state index contributed by atoms with van der Waals surface area (Å²) >= 11 is 0. The summed E-state index contributed by atoms with van der Waals surface area (Å²) in [5.74, 6) is 0. The van der Waals surface area contributed by atoms with Crippen LogP contribution in [0, 0.1) is 27.7 Å². The van der Waals surface area contributed by atoms with Crippen molar-refractivity contribution in [2.24, 2.45) is 0 Å². The number of aryl methyl sites for hydroxylation is 4. The lowest BCUT2D eigenvalue weighted by molar-refractivity contribution is -0.782. The highest BCUT2D eigenvalue weighted by Gasteiger charge is 2.33. The molecule has 1 unspecified atom stereocenters. The topological polar surface area (TPSA) is 27.9 Å². The van der Waals surface area contributed by atoms with E-state index >= 15 is 0 Å². The molecule has 2 aromatic rings. The maximum atomic E-state index is 9.94. The predicted molar refractivity (Wildman–Crippen MR) is 99.6 cm³/mol. The van der Waals surface area contributed by atoms with Gasteiger partial charge in [0, 0.05) is 18.7 Å². The molecule has 2 aromatic carbocycles. The molecule has 134 valence electrons. The van der Waals surface area contributed by atoms with E-state index in [-0.39, 0.29) is 19.0 Å². The van der Waals surface area contributed by atoms with E-state index in [1.807, 2.05) is 0 Å². The van der Waals surface area contributed by atoms with Crippen LogP contribution in [0.25, 0.3) is 0 Å². The number of halogens is 1. The maximum absolute atomic E-state index is 9.94. The van der Waals surface area contributed by atoms with Gasteiger partial charge in [0.05, 0.1) is 6.61 Å². The van der Waals surface area contributed by atoms with Crippen molar-refractivity contribution in [1.29, 1.82) is 0 Å². The third-order valence-corrected chi connectivity index (χ3v) is 5.33. The number of rotatable bonds is 3. The normalized spacial score (nSPS) is 17.0. The number of anilines is 1. The summed E-state index contributed by atoms with van der Waals surface area (Å²) in [6.45, 7) is 11.6. The zero-order chi connectivity index (χ0) is 17.4. The van der Waals surface area contributed by atoms with E-state index in [1.165, 1.54) is 38.5 Å². The van der Waals surface area contributed by atoms with Crippen LogP contribution in [0.2, 0.25) is 0 Å². The molecule has 0 saturated carbocycles. The van der Waals surface area contributed by atoms with Crippen LogP contribution in [0.5, 0.6) is 0 Å². The second-order valence-corrected chi connectivity index (χ2v) is 6.86. The molecule has 1 heterocycles. The SMILES string of the molecule is CC1=C(CO)N(c2ccc(C)c(C)c2)C[NH+]1c1ccc(C)c(C)c1.[Cl-]. The van der Waals surface area contributed by atoms with Crippen molar-refractivity contribution < 1.29 is 22.4 Å². The number of nitrogens with zero attached hydrogens (tertiary/aromatic N) is 1. The van der Waals surface area contributed by atoms with Gasteiger partial charge < -0.3 is 17.5 Å². The van der Waals surface area contributed by atoms with Crippen molar-refractivity contribution in [1.82, 2.24) is 0 Å². The second kappa shape index (κ2) is 7.61. The van der Waals surface area contributed by atoms with Crippen LogP contribution in [0.15, 0.2) is 47.8 Å². The molecule has 1 aliphatic rings. The van der Waals surface area contributed by atoms with Crippen molar-refractivity contribution in [3.05, 3.63) is 70.0 Å². The molecule has 0 fully saturated rings. The van der Waals surface area contributed by atoms with Crippen LogP contribution in [0.1, 0.15) is 29.2 Å². The van der Waals surface area contributed by atoms with Gasteiger partial charge in [-0.1, -0.05) is 12.1 Å². The number of hydrogen-bond acceptors (Lipinski definition) is 2. The molecule has 0 spiro atoms. The number of quaternary nitrogens is 1. The Morgan fingerprint density at radius 3 is 2.04 bits per heavy atom. The van der Waals surface area contributed by atoms with Crippen LogP contribution >= 0.6 is 0 Å². The van der Waals surface area contributed by atoms with Gasteiger partial charge in [0.2, 0.25) is 0 Å². The lowest BCUT2D eigenvalue weighted by Gasteiger charge is -2.21. The summed E-state index contributed by atoms with van der Waals surface area (Å²) in [5.41, 5.74) is 9.80. The van der Waals surface area contributed by atoms with Gasteiger partial charge in [-0.2, -0.15) is 0 Å². The number of allylic oxidation sites excluding steroid dienone is 1. The van der Waals surface area contributed by atoms with E-state index in [4.69, 9.17) is 0 Å². The van der Waals surface area contributed by atoms with Crippen LogP contribution in [-0.2, 0) is 0 Å². The lowest BCUT2D eigenvalue weighted by Crippen LogP contribution is -3.04. The van der Waals surface area contributed by atoms with E-state index in [9.17, 15) is 5.11 Å². The van der Waals surface area contributed by atoms with Crippen molar-refractivity contribution in [2.45, 2.75) is 34.6 Å². The largest absolute Gasteiger partial charge is 1.00 e. The van der Waals surface area contributed by atoms with Crippen molar-refractivity contribution in [3.63, 3.8) is 0 Å². The first-order valence-electron chi connectivity index (χ1n) is 8.51.